The molecule has 0 saturated heterocycles. The normalized spacial score (nSPS) is 11.9. The summed E-state index contributed by atoms with van der Waals surface area (Å²) in [5, 5.41) is 8.77. The number of carboxylic acids is 1. The molecule has 0 amide bonds. The Morgan fingerprint density at radius 3 is 2.74 bits per heavy atom. The third-order valence-corrected chi connectivity index (χ3v) is 4.78. The van der Waals surface area contributed by atoms with Crippen molar-refractivity contribution in [3.8, 4) is 0 Å². The van der Waals surface area contributed by atoms with Gasteiger partial charge in [-0.05, 0) is 24.6 Å². The number of anilines is 1. The molecule has 0 bridgehead atoms. The molecular formula is C16H23ClN3O6P. The van der Waals surface area contributed by atoms with E-state index < -0.39 is 13.8 Å². The van der Waals surface area contributed by atoms with Gasteiger partial charge in [-0.1, -0.05) is 0 Å². The highest BCUT2D eigenvalue weighted by atomic mass is 35.5. The lowest BCUT2D eigenvalue weighted by Gasteiger charge is -2.23. The number of halogens is 1. The van der Waals surface area contributed by atoms with Gasteiger partial charge >= 0.3 is 13.8 Å². The van der Waals surface area contributed by atoms with Crippen LogP contribution >= 0.6 is 19.4 Å². The van der Waals surface area contributed by atoms with Crippen LogP contribution in [0.5, 0.6) is 0 Å². The molecule has 0 aliphatic heterocycles. The molecule has 0 saturated carbocycles. The highest BCUT2D eigenvalue weighted by molar-refractivity contribution is 7.46. The molecule has 1 aromatic heterocycles. The number of aromatic nitrogens is 2. The fourth-order valence-electron chi connectivity index (χ4n) is 2.80. The van der Waals surface area contributed by atoms with E-state index in [1.54, 1.807) is 0 Å². The molecule has 2 aromatic rings. The first-order valence-corrected chi connectivity index (χ1v) is 10.5. The van der Waals surface area contributed by atoms with Crippen molar-refractivity contribution in [1.29, 1.82) is 0 Å². The van der Waals surface area contributed by atoms with Crippen LogP contribution in [0.3, 0.4) is 0 Å². The van der Waals surface area contributed by atoms with Crippen LogP contribution < -0.4 is 4.90 Å². The van der Waals surface area contributed by atoms with Crippen LogP contribution in [0.4, 0.5) is 5.69 Å². The molecule has 0 radical (unpaired) electrons. The van der Waals surface area contributed by atoms with Gasteiger partial charge in [-0.25, -0.2) is 9.55 Å². The fraction of sp³-hybridized carbons (Fsp3) is 0.500. The predicted molar refractivity (Wildman–Crippen MR) is 102 cm³/mol. The van der Waals surface area contributed by atoms with Crippen molar-refractivity contribution < 1.29 is 28.8 Å². The lowest BCUT2D eigenvalue weighted by atomic mass is 10.2. The first-order chi connectivity index (χ1) is 12.7. The van der Waals surface area contributed by atoms with Crippen LogP contribution in [0.25, 0.3) is 11.0 Å². The van der Waals surface area contributed by atoms with Gasteiger partial charge in [0.2, 0.25) is 0 Å². The molecule has 0 aliphatic carbocycles. The van der Waals surface area contributed by atoms with E-state index in [4.69, 9.17) is 26.5 Å². The van der Waals surface area contributed by atoms with Gasteiger partial charge in [0.15, 0.2) is 0 Å². The van der Waals surface area contributed by atoms with Crippen LogP contribution in [0.15, 0.2) is 18.2 Å². The van der Waals surface area contributed by atoms with E-state index in [2.05, 4.69) is 9.51 Å². The molecule has 0 atom stereocenters. The van der Waals surface area contributed by atoms with Crippen LogP contribution in [0.1, 0.15) is 18.7 Å². The van der Waals surface area contributed by atoms with E-state index >= 15 is 0 Å². The number of imidazole rings is 1. The first kappa shape index (κ1) is 21.7. The molecule has 0 fully saturated rings. The number of carboxylic acid groups (broad SMARTS) is 1. The van der Waals surface area contributed by atoms with Crippen LogP contribution in [-0.4, -0.2) is 56.0 Å². The van der Waals surface area contributed by atoms with Crippen molar-refractivity contribution in [3.63, 3.8) is 0 Å². The average Bonchev–Trinajstić information content (AvgIpc) is 2.88. The second kappa shape index (κ2) is 9.52. The molecule has 11 heteroatoms. The van der Waals surface area contributed by atoms with Crippen LogP contribution in [-0.2, 0) is 27.4 Å². The van der Waals surface area contributed by atoms with Gasteiger partial charge in [0.25, 0.3) is 0 Å². The Morgan fingerprint density at radius 2 is 2.11 bits per heavy atom. The zero-order chi connectivity index (χ0) is 20.0. The lowest BCUT2D eigenvalue weighted by Crippen LogP contribution is -2.29. The third kappa shape index (κ3) is 6.48. The molecule has 0 aliphatic rings. The number of benzene rings is 1. The first-order valence-electron chi connectivity index (χ1n) is 8.39. The molecule has 3 N–H and O–H groups in total. The minimum absolute atomic E-state index is 0.0948. The van der Waals surface area contributed by atoms with Gasteiger partial charge < -0.3 is 24.4 Å². The van der Waals surface area contributed by atoms with Gasteiger partial charge in [-0.15, -0.1) is 11.6 Å². The summed E-state index contributed by atoms with van der Waals surface area (Å²) in [7, 11) is -2.63. The van der Waals surface area contributed by atoms with E-state index in [1.165, 1.54) is 0 Å². The number of phosphoric acid groups is 1. The quantitative estimate of drug-likeness (QED) is 0.373. The smallest absolute Gasteiger partial charge is 0.469 e. The summed E-state index contributed by atoms with van der Waals surface area (Å²) in [5.74, 6) is 0.318. The molecule has 9 nitrogen and oxygen atoms in total. The molecule has 0 spiro atoms. The van der Waals surface area contributed by atoms with E-state index in [-0.39, 0.29) is 19.6 Å². The van der Waals surface area contributed by atoms with Gasteiger partial charge in [-0.2, -0.15) is 0 Å². The van der Waals surface area contributed by atoms with Crippen molar-refractivity contribution in [1.82, 2.24) is 9.55 Å². The lowest BCUT2D eigenvalue weighted by molar-refractivity contribution is -0.137. The van der Waals surface area contributed by atoms with Crippen LogP contribution in [0.2, 0.25) is 0 Å². The van der Waals surface area contributed by atoms with Gasteiger partial charge in [0.1, 0.15) is 5.82 Å². The minimum Gasteiger partial charge on any atom is -0.481 e. The number of rotatable bonds is 11. The number of aryl methyl sites for hydroxylation is 2. The Balaban J connectivity index is 2.16. The number of alkyl halides is 1. The molecular weight excluding hydrogens is 397 g/mol. The maximum absolute atomic E-state index is 10.8. The van der Waals surface area contributed by atoms with E-state index in [9.17, 15) is 9.36 Å². The largest absolute Gasteiger partial charge is 0.481 e. The standard InChI is InChI=1S/C16H23ClN3O6P/c1-19-14-6-5-12(20(8-7-17)9-10-26-27(23,24)25)11-13(14)18-15(19)3-2-4-16(21)22/h5-6,11H,2-4,7-10H2,1H3,(H,21,22)(H2,23,24,25). The predicted octanol–water partition coefficient (Wildman–Crippen LogP) is 2.14. The fourth-order valence-corrected chi connectivity index (χ4v) is 3.32. The van der Waals surface area contributed by atoms with Crippen molar-refractivity contribution in [2.75, 3.05) is 30.5 Å². The average molecular weight is 420 g/mol. The maximum Gasteiger partial charge on any atom is 0.469 e. The second-order valence-corrected chi connectivity index (χ2v) is 7.62. The highest BCUT2D eigenvalue weighted by Crippen LogP contribution is 2.35. The second-order valence-electron chi connectivity index (χ2n) is 6.01. The van der Waals surface area contributed by atoms with Gasteiger partial charge in [0, 0.05) is 44.5 Å². The van der Waals surface area contributed by atoms with E-state index in [0.29, 0.717) is 25.3 Å². The van der Waals surface area contributed by atoms with Crippen molar-refractivity contribution in [3.05, 3.63) is 24.0 Å². The highest BCUT2D eigenvalue weighted by Gasteiger charge is 2.16. The summed E-state index contributed by atoms with van der Waals surface area (Å²) in [6.07, 6.45) is 1.17. The van der Waals surface area contributed by atoms with E-state index in [0.717, 1.165) is 22.5 Å². The topological polar surface area (TPSA) is 125 Å². The Labute approximate surface area is 161 Å². The van der Waals surface area contributed by atoms with Gasteiger partial charge in [0.05, 0.1) is 17.6 Å². The Hall–Kier alpha value is -1.64. The molecule has 150 valence electrons. The van der Waals surface area contributed by atoms with E-state index in [1.807, 2.05) is 34.7 Å². The number of nitrogens with zero attached hydrogens (tertiary/aromatic N) is 3. The number of hydrogen-bond acceptors (Lipinski definition) is 5. The summed E-state index contributed by atoms with van der Waals surface area (Å²) in [5.41, 5.74) is 2.49. The number of hydrogen-bond donors (Lipinski definition) is 3. The molecule has 1 heterocycles. The minimum atomic E-state index is -4.51. The number of aliphatic carboxylic acids is 1. The SMILES string of the molecule is Cn1c(CCCC(=O)O)nc2cc(N(CCCl)CCOP(=O)(O)O)ccc21. The van der Waals surface area contributed by atoms with Crippen LogP contribution in [0, 0.1) is 0 Å². The Bertz CT molecular complexity index is 837. The number of carbonyl (C=O) groups is 1. The molecule has 27 heavy (non-hydrogen) atoms. The summed E-state index contributed by atoms with van der Waals surface area (Å²) in [6.45, 7) is 0.610. The summed E-state index contributed by atoms with van der Waals surface area (Å²) < 4.78 is 17.3. The maximum atomic E-state index is 10.8. The van der Waals surface area contributed by atoms with Gasteiger partial charge in [-0.3, -0.25) is 9.32 Å². The zero-order valence-electron chi connectivity index (χ0n) is 14.9. The summed E-state index contributed by atoms with van der Waals surface area (Å²) in [4.78, 5) is 34.7. The third-order valence-electron chi connectivity index (χ3n) is 4.09. The zero-order valence-corrected chi connectivity index (χ0v) is 16.6. The molecule has 0 unspecified atom stereocenters. The van der Waals surface area contributed by atoms with Crippen molar-refractivity contribution in [2.24, 2.45) is 7.05 Å². The Morgan fingerprint density at radius 1 is 1.37 bits per heavy atom. The van der Waals surface area contributed by atoms with Crippen molar-refractivity contribution in [2.45, 2.75) is 19.3 Å². The molecule has 2 rings (SSSR count). The number of fused-ring (bicyclic) bond motifs is 1. The summed E-state index contributed by atoms with van der Waals surface area (Å²) in [6, 6.07) is 5.67. The number of phosphoric ester groups is 1. The van der Waals surface area contributed by atoms with Crippen molar-refractivity contribution >= 4 is 42.1 Å². The summed E-state index contributed by atoms with van der Waals surface area (Å²) >= 11 is 5.84. The Kier molecular flexibility index (Phi) is 7.64. The molecule has 1 aromatic carbocycles. The monoisotopic (exact) mass is 419 g/mol.